The van der Waals surface area contributed by atoms with Crippen LogP contribution in [-0.4, -0.2) is 0 Å². The third kappa shape index (κ3) is 6.51. The predicted octanol–water partition coefficient (Wildman–Crippen LogP) is 17.1. The van der Waals surface area contributed by atoms with Gasteiger partial charge in [-0.2, -0.15) is 0 Å². The smallest absolute Gasteiger partial charge is 0.0540 e. The van der Waals surface area contributed by atoms with Crippen molar-refractivity contribution in [3.63, 3.8) is 0 Å². The highest BCUT2D eigenvalue weighted by atomic mass is 32.1. The number of nitrogens with zero attached hydrogens (tertiary/aromatic N) is 1. The molecule has 0 atom stereocenters. The van der Waals surface area contributed by atoms with E-state index < -0.39 is 0 Å². The van der Waals surface area contributed by atoms with Gasteiger partial charge in [-0.25, -0.2) is 0 Å². The molecular weight excluding hydrogens is 751 g/mol. The second-order valence-corrected chi connectivity index (χ2v) is 17.0. The lowest BCUT2D eigenvalue weighted by atomic mass is 9.96. The minimum absolute atomic E-state index is 1.10. The Bertz CT molecular complexity index is 3270. The van der Waals surface area contributed by atoms with E-state index in [9.17, 15) is 0 Å². The molecular formula is C56H37NS2. The third-order valence-corrected chi connectivity index (χ3v) is 13.6. The standard InChI is InChI=1S/C56H37NS2/c1-4-16-38(17-5-1)43-30-32-49-54(37-43)59-56(40-20-8-3-9-21-40)55(49)44-23-15-25-46(35-44)57(51-28-12-10-26-47(51)39-18-6-2-7-19-39)45-24-14-22-41(34-45)42-31-33-53-50(36-42)48-27-11-13-29-52(48)58-53/h1-37H. The number of fused-ring (bicyclic) bond motifs is 4. The van der Waals surface area contributed by atoms with E-state index in [0.29, 0.717) is 0 Å². The van der Waals surface area contributed by atoms with Gasteiger partial charge in [-0.15, -0.1) is 22.7 Å². The number of anilines is 3. The van der Waals surface area contributed by atoms with Crippen molar-refractivity contribution in [2.75, 3.05) is 4.90 Å². The third-order valence-electron chi connectivity index (χ3n) is 11.3. The Labute approximate surface area is 352 Å². The molecule has 0 amide bonds. The van der Waals surface area contributed by atoms with Crippen LogP contribution in [0, 0.1) is 0 Å². The van der Waals surface area contributed by atoms with E-state index in [4.69, 9.17) is 0 Å². The summed E-state index contributed by atoms with van der Waals surface area (Å²) < 4.78 is 3.91. The molecule has 3 heteroatoms. The van der Waals surface area contributed by atoms with Crippen molar-refractivity contribution in [1.82, 2.24) is 0 Å². The Balaban J connectivity index is 1.10. The van der Waals surface area contributed by atoms with E-state index in [1.165, 1.54) is 85.2 Å². The summed E-state index contributed by atoms with van der Waals surface area (Å²) in [5.74, 6) is 0. The van der Waals surface area contributed by atoms with Gasteiger partial charge in [0.05, 0.1) is 5.69 Å². The molecule has 0 aliphatic rings. The molecule has 278 valence electrons. The average Bonchev–Trinajstić information content (AvgIpc) is 3.89. The highest BCUT2D eigenvalue weighted by Gasteiger charge is 2.21. The lowest BCUT2D eigenvalue weighted by Gasteiger charge is -2.29. The molecule has 0 aliphatic carbocycles. The Morgan fingerprint density at radius 3 is 1.63 bits per heavy atom. The van der Waals surface area contributed by atoms with Crippen molar-refractivity contribution in [3.05, 3.63) is 224 Å². The van der Waals surface area contributed by atoms with Gasteiger partial charge in [0.15, 0.2) is 0 Å². The summed E-state index contributed by atoms with van der Waals surface area (Å²) in [5, 5.41) is 3.88. The van der Waals surface area contributed by atoms with E-state index in [0.717, 1.165) is 17.1 Å². The van der Waals surface area contributed by atoms with Crippen molar-refractivity contribution in [2.45, 2.75) is 0 Å². The van der Waals surface area contributed by atoms with Crippen LogP contribution in [0.2, 0.25) is 0 Å². The number of rotatable bonds is 8. The van der Waals surface area contributed by atoms with Crippen molar-refractivity contribution in [3.8, 4) is 54.9 Å². The Kier molecular flexibility index (Phi) is 8.96. The molecule has 0 unspecified atom stereocenters. The first-order valence-corrected chi connectivity index (χ1v) is 21.6. The number of benzene rings is 9. The van der Waals surface area contributed by atoms with E-state index in [1.54, 1.807) is 0 Å². The van der Waals surface area contributed by atoms with Crippen LogP contribution in [0.4, 0.5) is 17.1 Å². The summed E-state index contributed by atoms with van der Waals surface area (Å²) in [6, 6.07) is 81.9. The van der Waals surface area contributed by atoms with Crippen LogP contribution in [0.25, 0.3) is 85.2 Å². The van der Waals surface area contributed by atoms with E-state index >= 15 is 0 Å². The van der Waals surface area contributed by atoms with E-state index in [-0.39, 0.29) is 0 Å². The maximum Gasteiger partial charge on any atom is 0.0540 e. The predicted molar refractivity (Wildman–Crippen MR) is 257 cm³/mol. The molecule has 0 bridgehead atoms. The molecule has 0 saturated carbocycles. The molecule has 2 aromatic heterocycles. The molecule has 2 heterocycles. The van der Waals surface area contributed by atoms with Crippen LogP contribution in [0.3, 0.4) is 0 Å². The molecule has 0 aliphatic heterocycles. The molecule has 11 rings (SSSR count). The monoisotopic (exact) mass is 787 g/mol. The van der Waals surface area contributed by atoms with E-state index in [2.05, 4.69) is 229 Å². The molecule has 0 spiro atoms. The molecule has 0 fully saturated rings. The fourth-order valence-electron chi connectivity index (χ4n) is 8.47. The van der Waals surface area contributed by atoms with Crippen LogP contribution < -0.4 is 4.90 Å². The van der Waals surface area contributed by atoms with Crippen molar-refractivity contribution in [2.24, 2.45) is 0 Å². The minimum atomic E-state index is 1.10. The quantitative estimate of drug-likeness (QED) is 0.148. The van der Waals surface area contributed by atoms with Crippen molar-refractivity contribution < 1.29 is 0 Å². The van der Waals surface area contributed by atoms with Crippen LogP contribution >= 0.6 is 22.7 Å². The zero-order valence-corrected chi connectivity index (χ0v) is 33.8. The van der Waals surface area contributed by atoms with Crippen LogP contribution in [-0.2, 0) is 0 Å². The number of hydrogen-bond acceptors (Lipinski definition) is 3. The number of para-hydroxylation sites is 1. The Morgan fingerprint density at radius 1 is 0.288 bits per heavy atom. The molecule has 11 aromatic rings. The number of hydrogen-bond donors (Lipinski definition) is 0. The first-order chi connectivity index (χ1) is 29.2. The summed E-state index contributed by atoms with van der Waals surface area (Å²) in [6.45, 7) is 0. The van der Waals surface area contributed by atoms with Gasteiger partial charge >= 0.3 is 0 Å². The molecule has 59 heavy (non-hydrogen) atoms. The van der Waals surface area contributed by atoms with Gasteiger partial charge in [-0.3, -0.25) is 0 Å². The fraction of sp³-hybridized carbons (Fsp3) is 0. The van der Waals surface area contributed by atoms with Gasteiger partial charge in [0, 0.05) is 57.6 Å². The van der Waals surface area contributed by atoms with Gasteiger partial charge < -0.3 is 4.90 Å². The Morgan fingerprint density at radius 2 is 0.847 bits per heavy atom. The molecule has 1 nitrogen and oxygen atoms in total. The highest BCUT2D eigenvalue weighted by molar-refractivity contribution is 7.25. The van der Waals surface area contributed by atoms with Gasteiger partial charge in [-0.05, 0) is 93.5 Å². The topological polar surface area (TPSA) is 3.24 Å². The first-order valence-electron chi connectivity index (χ1n) is 20.0. The second-order valence-electron chi connectivity index (χ2n) is 14.9. The lowest BCUT2D eigenvalue weighted by Crippen LogP contribution is -2.11. The molecule has 0 N–H and O–H groups in total. The Hall–Kier alpha value is -7.04. The maximum absolute atomic E-state index is 2.44. The summed E-state index contributed by atoms with van der Waals surface area (Å²) in [4.78, 5) is 3.72. The second kappa shape index (κ2) is 15.0. The van der Waals surface area contributed by atoms with Gasteiger partial charge in [-0.1, -0.05) is 170 Å². The van der Waals surface area contributed by atoms with Gasteiger partial charge in [0.2, 0.25) is 0 Å². The SMILES string of the molecule is c1ccc(-c2ccc3c(-c4cccc(N(c5cccc(-c6ccc7sc8ccccc8c7c6)c5)c5ccccc5-c5ccccc5)c4)c(-c4ccccc4)sc3c2)cc1. The first kappa shape index (κ1) is 35.1. The van der Waals surface area contributed by atoms with Crippen LogP contribution in [0.1, 0.15) is 0 Å². The summed E-state index contributed by atoms with van der Waals surface area (Å²) >= 11 is 3.74. The maximum atomic E-state index is 2.44. The molecule has 0 saturated heterocycles. The lowest BCUT2D eigenvalue weighted by molar-refractivity contribution is 1.28. The van der Waals surface area contributed by atoms with Crippen molar-refractivity contribution in [1.29, 1.82) is 0 Å². The largest absolute Gasteiger partial charge is 0.310 e. The normalized spacial score (nSPS) is 11.4. The van der Waals surface area contributed by atoms with Gasteiger partial charge in [0.1, 0.15) is 0 Å². The van der Waals surface area contributed by atoms with Crippen LogP contribution in [0.5, 0.6) is 0 Å². The zero-order valence-electron chi connectivity index (χ0n) is 32.1. The molecule has 9 aromatic carbocycles. The average molecular weight is 788 g/mol. The summed E-state index contributed by atoms with van der Waals surface area (Å²) in [6.07, 6.45) is 0. The summed E-state index contributed by atoms with van der Waals surface area (Å²) in [5.41, 5.74) is 14.2. The summed E-state index contributed by atoms with van der Waals surface area (Å²) in [7, 11) is 0. The van der Waals surface area contributed by atoms with E-state index in [1.807, 2.05) is 22.7 Å². The fourth-order valence-corrected chi connectivity index (χ4v) is 10.8. The van der Waals surface area contributed by atoms with Crippen LogP contribution in [0.15, 0.2) is 224 Å². The highest BCUT2D eigenvalue weighted by Crippen LogP contribution is 2.48. The molecule has 0 radical (unpaired) electrons. The number of thiophene rings is 2. The van der Waals surface area contributed by atoms with Crippen molar-refractivity contribution >= 4 is 70.0 Å². The zero-order chi connectivity index (χ0) is 39.1. The van der Waals surface area contributed by atoms with Gasteiger partial charge in [0.25, 0.3) is 0 Å². The minimum Gasteiger partial charge on any atom is -0.310 e.